The maximum Gasteiger partial charge on any atom is 0.263 e. The van der Waals surface area contributed by atoms with E-state index in [1.54, 1.807) is 24.3 Å². The van der Waals surface area contributed by atoms with Crippen LogP contribution in [0.15, 0.2) is 66.4 Å². The summed E-state index contributed by atoms with van der Waals surface area (Å²) in [5, 5.41) is 11.9. The Kier molecular flexibility index (Phi) is 4.76. The van der Waals surface area contributed by atoms with Crippen molar-refractivity contribution in [2.24, 2.45) is 0 Å². The summed E-state index contributed by atoms with van der Waals surface area (Å²) in [6, 6.07) is 14.8. The summed E-state index contributed by atoms with van der Waals surface area (Å²) in [7, 11) is 0. The minimum atomic E-state index is -0.361. The van der Waals surface area contributed by atoms with Crippen LogP contribution in [0.2, 0.25) is 10.0 Å². The zero-order valence-electron chi connectivity index (χ0n) is 11.8. The first-order valence-electron chi connectivity index (χ1n) is 6.79. The molecule has 116 valence electrons. The minimum Gasteiger partial charge on any atom is -0.259 e. The summed E-state index contributed by atoms with van der Waals surface area (Å²) < 4.78 is 0. The second-order valence-corrected chi connectivity index (χ2v) is 6.88. The molecule has 3 rings (SSSR count). The van der Waals surface area contributed by atoms with Gasteiger partial charge >= 0.3 is 0 Å². The lowest BCUT2D eigenvalue weighted by atomic mass is 10.1. The van der Waals surface area contributed by atoms with Gasteiger partial charge in [-0.15, -0.1) is 11.8 Å². The standard InChI is InChI=1S/C17H11Cl2NO2S/c18-13-7-6-12(10-14(13)19)16-9-8-15(20(21)22)17(23-16)11-4-2-1-3-5-11/h1-10,17H/t17-/m0/s1. The maximum absolute atomic E-state index is 11.3. The SMILES string of the molecule is O=[N+]([O-])C1=CC=C(c2ccc(Cl)c(Cl)c2)S[C@H]1c1ccccc1. The molecule has 0 saturated heterocycles. The van der Waals surface area contributed by atoms with E-state index in [9.17, 15) is 10.1 Å². The molecule has 1 atom stereocenters. The van der Waals surface area contributed by atoms with Crippen molar-refractivity contribution in [1.29, 1.82) is 0 Å². The molecule has 2 aromatic carbocycles. The molecule has 0 saturated carbocycles. The lowest BCUT2D eigenvalue weighted by Gasteiger charge is -2.20. The van der Waals surface area contributed by atoms with Crippen LogP contribution in [0.5, 0.6) is 0 Å². The van der Waals surface area contributed by atoms with Gasteiger partial charge in [-0.05, 0) is 29.3 Å². The van der Waals surface area contributed by atoms with Gasteiger partial charge in [0.2, 0.25) is 0 Å². The maximum atomic E-state index is 11.3. The molecule has 0 amide bonds. The zero-order valence-corrected chi connectivity index (χ0v) is 14.1. The summed E-state index contributed by atoms with van der Waals surface area (Å²) >= 11 is 13.5. The Morgan fingerprint density at radius 1 is 1.00 bits per heavy atom. The molecule has 6 heteroatoms. The number of nitro groups is 1. The van der Waals surface area contributed by atoms with Crippen LogP contribution in [-0.4, -0.2) is 4.92 Å². The van der Waals surface area contributed by atoms with Crippen LogP contribution in [0.1, 0.15) is 16.4 Å². The van der Waals surface area contributed by atoms with Crippen molar-refractivity contribution in [1.82, 2.24) is 0 Å². The Bertz CT molecular complexity index is 819. The van der Waals surface area contributed by atoms with Crippen LogP contribution in [0.3, 0.4) is 0 Å². The van der Waals surface area contributed by atoms with Crippen molar-refractivity contribution in [3.05, 3.63) is 97.7 Å². The summed E-state index contributed by atoms with van der Waals surface area (Å²) in [4.78, 5) is 11.9. The summed E-state index contributed by atoms with van der Waals surface area (Å²) in [6.07, 6.45) is 3.31. The molecule has 2 aromatic rings. The largest absolute Gasteiger partial charge is 0.263 e. The molecule has 0 fully saturated rings. The molecule has 0 unspecified atom stereocenters. The normalized spacial score (nSPS) is 17.4. The molecule has 0 N–H and O–H groups in total. The third kappa shape index (κ3) is 3.44. The summed E-state index contributed by atoms with van der Waals surface area (Å²) in [5.74, 6) is 0. The van der Waals surface area contributed by atoms with Gasteiger partial charge in [-0.3, -0.25) is 10.1 Å². The fourth-order valence-electron chi connectivity index (χ4n) is 2.31. The lowest BCUT2D eigenvalue weighted by Crippen LogP contribution is -2.10. The van der Waals surface area contributed by atoms with Crippen LogP contribution >= 0.6 is 35.0 Å². The Morgan fingerprint density at radius 3 is 2.39 bits per heavy atom. The van der Waals surface area contributed by atoms with Crippen molar-refractivity contribution in [3.8, 4) is 0 Å². The van der Waals surface area contributed by atoms with E-state index in [-0.39, 0.29) is 15.9 Å². The molecule has 3 nitrogen and oxygen atoms in total. The molecular formula is C17H11Cl2NO2S. The molecule has 0 spiro atoms. The molecule has 1 aliphatic rings. The number of allylic oxidation sites excluding steroid dienone is 2. The third-order valence-electron chi connectivity index (χ3n) is 3.44. The van der Waals surface area contributed by atoms with E-state index in [0.29, 0.717) is 10.0 Å². The molecule has 1 aliphatic heterocycles. The average Bonchev–Trinajstić information content (AvgIpc) is 2.57. The van der Waals surface area contributed by atoms with Crippen LogP contribution < -0.4 is 0 Å². The predicted molar refractivity (Wildman–Crippen MR) is 96.3 cm³/mol. The number of benzene rings is 2. The first kappa shape index (κ1) is 16.1. The molecule has 0 bridgehead atoms. The summed E-state index contributed by atoms with van der Waals surface area (Å²) in [6.45, 7) is 0. The van der Waals surface area contributed by atoms with Crippen LogP contribution in [0.25, 0.3) is 4.91 Å². The van der Waals surface area contributed by atoms with Crippen molar-refractivity contribution in [2.45, 2.75) is 5.25 Å². The fraction of sp³-hybridized carbons (Fsp3) is 0.0588. The number of halogens is 2. The van der Waals surface area contributed by atoms with E-state index in [2.05, 4.69) is 0 Å². The van der Waals surface area contributed by atoms with Gasteiger partial charge in [0.1, 0.15) is 5.25 Å². The summed E-state index contributed by atoms with van der Waals surface area (Å²) in [5.41, 5.74) is 1.96. The topological polar surface area (TPSA) is 43.1 Å². The highest BCUT2D eigenvalue weighted by Crippen LogP contribution is 2.47. The van der Waals surface area contributed by atoms with Gasteiger partial charge in [0.25, 0.3) is 5.70 Å². The average molecular weight is 364 g/mol. The van der Waals surface area contributed by atoms with Gasteiger partial charge in [-0.25, -0.2) is 0 Å². The van der Waals surface area contributed by atoms with Gasteiger partial charge < -0.3 is 0 Å². The van der Waals surface area contributed by atoms with Gasteiger partial charge in [-0.2, -0.15) is 0 Å². The minimum absolute atomic E-state index is 0.171. The number of hydrogen-bond donors (Lipinski definition) is 0. The molecule has 0 radical (unpaired) electrons. The zero-order chi connectivity index (χ0) is 16.4. The van der Waals surface area contributed by atoms with E-state index in [0.717, 1.165) is 16.0 Å². The third-order valence-corrected chi connectivity index (χ3v) is 5.55. The number of thioether (sulfide) groups is 1. The van der Waals surface area contributed by atoms with Crippen molar-refractivity contribution in [3.63, 3.8) is 0 Å². The predicted octanol–water partition coefficient (Wildman–Crippen LogP) is 5.98. The van der Waals surface area contributed by atoms with E-state index < -0.39 is 0 Å². The highest BCUT2D eigenvalue weighted by atomic mass is 35.5. The highest BCUT2D eigenvalue weighted by molar-refractivity contribution is 8.08. The smallest absolute Gasteiger partial charge is 0.259 e. The first-order chi connectivity index (χ1) is 11.1. The van der Waals surface area contributed by atoms with E-state index >= 15 is 0 Å². The fourth-order valence-corrected chi connectivity index (χ4v) is 3.85. The molecule has 0 aromatic heterocycles. The van der Waals surface area contributed by atoms with Gasteiger partial charge in [-0.1, -0.05) is 59.6 Å². The highest BCUT2D eigenvalue weighted by Gasteiger charge is 2.31. The van der Waals surface area contributed by atoms with Crippen molar-refractivity contribution < 1.29 is 4.92 Å². The van der Waals surface area contributed by atoms with Gasteiger partial charge in [0, 0.05) is 11.0 Å². The number of hydrogen-bond acceptors (Lipinski definition) is 3. The van der Waals surface area contributed by atoms with E-state index in [4.69, 9.17) is 23.2 Å². The monoisotopic (exact) mass is 363 g/mol. The lowest BCUT2D eigenvalue weighted by molar-refractivity contribution is -0.427. The van der Waals surface area contributed by atoms with Gasteiger partial charge in [0.15, 0.2) is 0 Å². The second-order valence-electron chi connectivity index (χ2n) is 4.92. The Morgan fingerprint density at radius 2 is 1.74 bits per heavy atom. The molecular weight excluding hydrogens is 353 g/mol. The quantitative estimate of drug-likeness (QED) is 0.497. The van der Waals surface area contributed by atoms with E-state index in [1.165, 1.54) is 11.8 Å². The van der Waals surface area contributed by atoms with Crippen molar-refractivity contribution in [2.75, 3.05) is 0 Å². The molecule has 23 heavy (non-hydrogen) atoms. The van der Waals surface area contributed by atoms with Crippen molar-refractivity contribution >= 4 is 39.9 Å². The second kappa shape index (κ2) is 6.79. The van der Waals surface area contributed by atoms with Crippen LogP contribution in [0.4, 0.5) is 0 Å². The van der Waals surface area contributed by atoms with E-state index in [1.807, 2.05) is 36.4 Å². The number of nitrogens with zero attached hydrogens (tertiary/aromatic N) is 1. The molecule has 0 aliphatic carbocycles. The van der Waals surface area contributed by atoms with Crippen LogP contribution in [0, 0.1) is 10.1 Å². The molecule has 1 heterocycles. The Labute approximate surface area is 147 Å². The Balaban J connectivity index is 2.01. The first-order valence-corrected chi connectivity index (χ1v) is 8.43. The van der Waals surface area contributed by atoms with Crippen LogP contribution in [-0.2, 0) is 0 Å². The van der Waals surface area contributed by atoms with Gasteiger partial charge in [0.05, 0.1) is 15.0 Å². The Hall–Kier alpha value is -1.75. The number of rotatable bonds is 3.